The largest absolute Gasteiger partial charge is 0.203 e. The molecule has 2 aromatic rings. The van der Waals surface area contributed by atoms with Crippen molar-refractivity contribution in [2.75, 3.05) is 0 Å². The van der Waals surface area contributed by atoms with Crippen LogP contribution in [0.1, 0.15) is 73.6 Å². The average Bonchev–Trinajstić information content (AvgIpc) is 2.68. The van der Waals surface area contributed by atoms with Crippen LogP contribution < -0.4 is 0 Å². The Labute approximate surface area is 149 Å². The van der Waals surface area contributed by atoms with Gasteiger partial charge in [-0.3, -0.25) is 0 Å². The molecule has 0 unspecified atom stereocenters. The molecule has 0 atom stereocenters. The van der Waals surface area contributed by atoms with Gasteiger partial charge >= 0.3 is 0 Å². The maximum absolute atomic E-state index is 14.5. The van der Waals surface area contributed by atoms with E-state index in [-0.39, 0.29) is 0 Å². The van der Waals surface area contributed by atoms with Crippen LogP contribution in [0.5, 0.6) is 0 Å². The summed E-state index contributed by atoms with van der Waals surface area (Å²) in [5, 5.41) is 0. The van der Waals surface area contributed by atoms with Crippen LogP contribution in [-0.2, 0) is 6.42 Å². The zero-order valence-electron chi connectivity index (χ0n) is 14.9. The topological polar surface area (TPSA) is 0 Å². The minimum Gasteiger partial charge on any atom is -0.203 e. The molecule has 3 rings (SSSR count). The standard InChI is InChI=1S/C23H26F2/c1-2-6-17-9-11-20(12-10-17)22(24)23(25)21-15-13-19(14-16-21)18-7-4-3-5-8-18/h9-16,18H,2-8H2,1H3. The SMILES string of the molecule is CCCc1ccc(C(F)=C(F)c2ccc(C3CCCCC3)cc2)cc1. The third kappa shape index (κ3) is 4.36. The lowest BCUT2D eigenvalue weighted by Gasteiger charge is -2.22. The molecule has 0 spiro atoms. The van der Waals surface area contributed by atoms with Gasteiger partial charge in [-0.25, -0.2) is 8.78 Å². The van der Waals surface area contributed by atoms with Crippen LogP contribution in [0.15, 0.2) is 48.5 Å². The van der Waals surface area contributed by atoms with Crippen LogP contribution in [-0.4, -0.2) is 0 Å². The van der Waals surface area contributed by atoms with Crippen LogP contribution in [0, 0.1) is 0 Å². The van der Waals surface area contributed by atoms with E-state index in [1.54, 1.807) is 24.3 Å². The maximum atomic E-state index is 14.5. The summed E-state index contributed by atoms with van der Waals surface area (Å²) in [6, 6.07) is 14.4. The fourth-order valence-corrected chi connectivity index (χ4v) is 3.70. The highest BCUT2D eigenvalue weighted by atomic mass is 19.2. The molecule has 1 aliphatic rings. The molecular formula is C23H26F2. The Morgan fingerprint density at radius 3 is 1.84 bits per heavy atom. The Hall–Kier alpha value is -1.96. The summed E-state index contributed by atoms with van der Waals surface area (Å²) in [5.41, 5.74) is 3.01. The van der Waals surface area contributed by atoms with E-state index in [0.29, 0.717) is 17.0 Å². The fourth-order valence-electron chi connectivity index (χ4n) is 3.70. The van der Waals surface area contributed by atoms with E-state index in [9.17, 15) is 8.78 Å². The molecule has 132 valence electrons. The van der Waals surface area contributed by atoms with Gasteiger partial charge in [0.15, 0.2) is 11.7 Å². The van der Waals surface area contributed by atoms with Crippen molar-refractivity contribution < 1.29 is 8.78 Å². The van der Waals surface area contributed by atoms with E-state index in [4.69, 9.17) is 0 Å². The van der Waals surface area contributed by atoms with Gasteiger partial charge in [0.2, 0.25) is 0 Å². The first kappa shape index (κ1) is 17.8. The van der Waals surface area contributed by atoms with Gasteiger partial charge in [-0.2, -0.15) is 0 Å². The van der Waals surface area contributed by atoms with Crippen molar-refractivity contribution in [1.82, 2.24) is 0 Å². The molecule has 0 aliphatic heterocycles. The first-order chi connectivity index (χ1) is 12.2. The predicted octanol–water partition coefficient (Wildman–Crippen LogP) is 7.45. The molecule has 0 amide bonds. The molecule has 0 radical (unpaired) electrons. The van der Waals surface area contributed by atoms with Crippen LogP contribution in [0.25, 0.3) is 11.7 Å². The molecule has 0 heterocycles. The quantitative estimate of drug-likeness (QED) is 0.496. The Bertz CT molecular complexity index is 705. The molecule has 0 bridgehead atoms. The molecule has 0 N–H and O–H groups in total. The summed E-state index contributed by atoms with van der Waals surface area (Å²) < 4.78 is 29.0. The fraction of sp³-hybridized carbons (Fsp3) is 0.391. The van der Waals surface area contributed by atoms with E-state index < -0.39 is 11.7 Å². The summed E-state index contributed by atoms with van der Waals surface area (Å²) in [4.78, 5) is 0. The van der Waals surface area contributed by atoms with Gasteiger partial charge in [0.25, 0.3) is 0 Å². The molecule has 1 fully saturated rings. The lowest BCUT2D eigenvalue weighted by atomic mass is 9.84. The van der Waals surface area contributed by atoms with Crippen molar-refractivity contribution in [3.63, 3.8) is 0 Å². The maximum Gasteiger partial charge on any atom is 0.166 e. The molecule has 1 saturated carbocycles. The third-order valence-corrected chi connectivity index (χ3v) is 5.18. The van der Waals surface area contributed by atoms with Gasteiger partial charge in [0.1, 0.15) is 0 Å². The van der Waals surface area contributed by atoms with Gasteiger partial charge in [0.05, 0.1) is 0 Å². The summed E-state index contributed by atoms with van der Waals surface area (Å²) in [7, 11) is 0. The highest BCUT2D eigenvalue weighted by molar-refractivity contribution is 5.83. The number of rotatable bonds is 5. The van der Waals surface area contributed by atoms with Gasteiger partial charge < -0.3 is 0 Å². The molecule has 0 saturated heterocycles. The smallest absolute Gasteiger partial charge is 0.166 e. The van der Waals surface area contributed by atoms with Gasteiger partial charge in [0, 0.05) is 11.1 Å². The number of aryl methyl sites for hydroxylation is 1. The summed E-state index contributed by atoms with van der Waals surface area (Å²) in [6.07, 6.45) is 8.25. The molecule has 25 heavy (non-hydrogen) atoms. The van der Waals surface area contributed by atoms with Crippen molar-refractivity contribution >= 4 is 11.7 Å². The first-order valence-electron chi connectivity index (χ1n) is 9.44. The predicted molar refractivity (Wildman–Crippen MR) is 102 cm³/mol. The highest BCUT2D eigenvalue weighted by Gasteiger charge is 2.16. The minimum absolute atomic E-state index is 0.300. The number of benzene rings is 2. The van der Waals surface area contributed by atoms with E-state index >= 15 is 0 Å². The van der Waals surface area contributed by atoms with Crippen LogP contribution in [0.2, 0.25) is 0 Å². The second-order valence-electron chi connectivity index (χ2n) is 7.03. The molecular weight excluding hydrogens is 314 g/mol. The number of halogens is 2. The Morgan fingerprint density at radius 2 is 1.32 bits per heavy atom. The molecule has 0 aromatic heterocycles. The van der Waals surface area contributed by atoms with Gasteiger partial charge in [-0.15, -0.1) is 0 Å². The Morgan fingerprint density at radius 1 is 0.800 bits per heavy atom. The van der Waals surface area contributed by atoms with Crippen LogP contribution in [0.3, 0.4) is 0 Å². The zero-order valence-corrected chi connectivity index (χ0v) is 14.9. The number of hydrogen-bond donors (Lipinski definition) is 0. The van der Waals surface area contributed by atoms with Crippen molar-refractivity contribution in [3.8, 4) is 0 Å². The minimum atomic E-state index is -0.784. The molecule has 2 heteroatoms. The Balaban J connectivity index is 1.78. The van der Waals surface area contributed by atoms with E-state index in [0.717, 1.165) is 18.4 Å². The van der Waals surface area contributed by atoms with E-state index in [1.807, 2.05) is 24.3 Å². The van der Waals surface area contributed by atoms with Crippen molar-refractivity contribution in [1.29, 1.82) is 0 Å². The van der Waals surface area contributed by atoms with Crippen molar-refractivity contribution in [3.05, 3.63) is 70.8 Å². The average molecular weight is 340 g/mol. The molecule has 2 aromatic carbocycles. The van der Waals surface area contributed by atoms with Gasteiger partial charge in [-0.1, -0.05) is 81.1 Å². The van der Waals surface area contributed by atoms with Crippen LogP contribution in [0.4, 0.5) is 8.78 Å². The zero-order chi connectivity index (χ0) is 17.6. The third-order valence-electron chi connectivity index (χ3n) is 5.18. The summed E-state index contributed by atoms with van der Waals surface area (Å²) >= 11 is 0. The normalized spacial score (nSPS) is 16.6. The first-order valence-corrected chi connectivity index (χ1v) is 9.44. The van der Waals surface area contributed by atoms with Gasteiger partial charge in [-0.05, 0) is 36.3 Å². The second-order valence-corrected chi connectivity index (χ2v) is 7.03. The number of hydrogen-bond acceptors (Lipinski definition) is 0. The Kier molecular flexibility index (Phi) is 6.01. The molecule has 1 aliphatic carbocycles. The molecule has 0 nitrogen and oxygen atoms in total. The van der Waals surface area contributed by atoms with Crippen LogP contribution >= 0.6 is 0 Å². The van der Waals surface area contributed by atoms with E-state index in [2.05, 4.69) is 6.92 Å². The van der Waals surface area contributed by atoms with Crippen molar-refractivity contribution in [2.24, 2.45) is 0 Å². The monoisotopic (exact) mass is 340 g/mol. The summed E-state index contributed by atoms with van der Waals surface area (Å²) in [6.45, 7) is 2.10. The lowest BCUT2D eigenvalue weighted by Crippen LogP contribution is -2.04. The highest BCUT2D eigenvalue weighted by Crippen LogP contribution is 2.34. The van der Waals surface area contributed by atoms with Crippen molar-refractivity contribution in [2.45, 2.75) is 57.8 Å². The lowest BCUT2D eigenvalue weighted by molar-refractivity contribution is 0.443. The van der Waals surface area contributed by atoms with E-state index in [1.165, 1.54) is 37.7 Å². The second kappa shape index (κ2) is 8.42. The summed E-state index contributed by atoms with van der Waals surface area (Å²) in [5.74, 6) is -0.988.